The number of carbonyl (C=O) groups is 2. The molecule has 7 nitrogen and oxygen atoms in total. The lowest BCUT2D eigenvalue weighted by Gasteiger charge is -2.08. The van der Waals surface area contributed by atoms with Crippen LogP contribution in [0.4, 0.5) is 18.9 Å². The van der Waals surface area contributed by atoms with E-state index in [4.69, 9.17) is 20.6 Å². The summed E-state index contributed by atoms with van der Waals surface area (Å²) in [5.41, 5.74) is 10.2. The molecule has 0 aliphatic heterocycles. The Bertz CT molecular complexity index is 1160. The lowest BCUT2D eigenvalue weighted by Crippen LogP contribution is -2.21. The maximum absolute atomic E-state index is 12.4. The number of hydrogen-bond acceptors (Lipinski definition) is 5. The van der Waals surface area contributed by atoms with Crippen molar-refractivity contribution >= 4 is 40.4 Å². The smallest absolute Gasteiger partial charge is 0.475 e. The minimum atomic E-state index is -5.08. The zero-order valence-corrected chi connectivity index (χ0v) is 19.4. The normalized spacial score (nSPS) is 10.9. The molecule has 3 aromatic rings. The number of carboxylic acids is 1. The van der Waals surface area contributed by atoms with Gasteiger partial charge in [-0.15, -0.1) is 0 Å². The molecule has 34 heavy (non-hydrogen) atoms. The number of anilines is 1. The SMILES string of the molecule is CC(C)=CCn1c(SCCN)nc2ccc(NC(=O)c3ccccc3)cc21.O=C(O)C(F)(F)F. The Morgan fingerprint density at radius 1 is 1.18 bits per heavy atom. The molecule has 3 rings (SSSR count). The van der Waals surface area contributed by atoms with Gasteiger partial charge in [0.05, 0.1) is 11.0 Å². The molecule has 0 radical (unpaired) electrons. The first-order chi connectivity index (χ1) is 16.0. The summed E-state index contributed by atoms with van der Waals surface area (Å²) in [4.78, 5) is 26.1. The number of aliphatic carboxylic acids is 1. The lowest BCUT2D eigenvalue weighted by molar-refractivity contribution is -0.192. The van der Waals surface area contributed by atoms with E-state index in [-0.39, 0.29) is 5.91 Å². The van der Waals surface area contributed by atoms with Crippen LogP contribution >= 0.6 is 11.8 Å². The number of fused-ring (bicyclic) bond motifs is 1. The summed E-state index contributed by atoms with van der Waals surface area (Å²) < 4.78 is 33.9. The van der Waals surface area contributed by atoms with Crippen molar-refractivity contribution < 1.29 is 27.9 Å². The first-order valence-electron chi connectivity index (χ1n) is 10.2. The van der Waals surface area contributed by atoms with Gasteiger partial charge in [-0.3, -0.25) is 4.79 Å². The number of allylic oxidation sites excluding steroid dienone is 2. The summed E-state index contributed by atoms with van der Waals surface area (Å²) in [5.74, 6) is -2.06. The molecule has 182 valence electrons. The van der Waals surface area contributed by atoms with Gasteiger partial charge in [0.2, 0.25) is 0 Å². The van der Waals surface area contributed by atoms with Crippen LogP contribution in [-0.4, -0.2) is 45.0 Å². The fourth-order valence-electron chi connectivity index (χ4n) is 2.68. The maximum atomic E-state index is 12.4. The number of alkyl halides is 3. The summed E-state index contributed by atoms with van der Waals surface area (Å²) in [5, 5.41) is 11.0. The maximum Gasteiger partial charge on any atom is 0.490 e. The molecule has 0 bridgehead atoms. The average molecular weight is 495 g/mol. The number of nitrogens with one attached hydrogen (secondary N) is 1. The Balaban J connectivity index is 0.000000509. The van der Waals surface area contributed by atoms with E-state index < -0.39 is 12.1 Å². The number of aromatic nitrogens is 2. The van der Waals surface area contributed by atoms with Gasteiger partial charge in [0.1, 0.15) is 0 Å². The number of benzene rings is 2. The van der Waals surface area contributed by atoms with Crippen molar-refractivity contribution in [3.05, 3.63) is 65.7 Å². The molecule has 0 unspecified atom stereocenters. The van der Waals surface area contributed by atoms with Crippen LogP contribution in [0.3, 0.4) is 0 Å². The van der Waals surface area contributed by atoms with E-state index in [0.29, 0.717) is 12.1 Å². The Kier molecular flexibility index (Phi) is 9.69. The number of carbonyl (C=O) groups excluding carboxylic acids is 1. The van der Waals surface area contributed by atoms with Crippen molar-refractivity contribution in [1.29, 1.82) is 0 Å². The number of nitrogens with two attached hydrogens (primary N) is 1. The zero-order chi connectivity index (χ0) is 25.3. The molecule has 0 saturated heterocycles. The molecule has 0 aliphatic carbocycles. The van der Waals surface area contributed by atoms with Crippen molar-refractivity contribution in [2.45, 2.75) is 31.7 Å². The van der Waals surface area contributed by atoms with Gasteiger partial charge in [-0.05, 0) is 44.2 Å². The largest absolute Gasteiger partial charge is 0.490 e. The van der Waals surface area contributed by atoms with E-state index in [1.54, 1.807) is 23.9 Å². The van der Waals surface area contributed by atoms with Gasteiger partial charge in [0.15, 0.2) is 5.16 Å². The third-order valence-electron chi connectivity index (χ3n) is 4.28. The molecule has 1 heterocycles. The molecule has 0 aliphatic rings. The van der Waals surface area contributed by atoms with Gasteiger partial charge in [0.25, 0.3) is 5.91 Å². The number of hydrogen-bond donors (Lipinski definition) is 3. The van der Waals surface area contributed by atoms with Crippen molar-refractivity contribution in [3.8, 4) is 0 Å². The van der Waals surface area contributed by atoms with E-state index in [1.807, 2.05) is 36.4 Å². The number of amides is 1. The van der Waals surface area contributed by atoms with Crippen LogP contribution in [0.15, 0.2) is 65.3 Å². The molecule has 0 fully saturated rings. The highest BCUT2D eigenvalue weighted by molar-refractivity contribution is 7.99. The number of halogens is 3. The second-order valence-electron chi connectivity index (χ2n) is 7.25. The van der Waals surface area contributed by atoms with E-state index >= 15 is 0 Å². The quantitative estimate of drug-likeness (QED) is 0.317. The highest BCUT2D eigenvalue weighted by Gasteiger charge is 2.38. The predicted molar refractivity (Wildman–Crippen MR) is 127 cm³/mol. The zero-order valence-electron chi connectivity index (χ0n) is 18.6. The van der Waals surface area contributed by atoms with Gasteiger partial charge in [0, 0.05) is 30.1 Å². The number of nitrogens with zero attached hydrogens (tertiary/aromatic N) is 2. The molecular weight excluding hydrogens is 469 g/mol. The number of thioether (sulfide) groups is 1. The standard InChI is InChI=1S/C21H24N4OS.C2HF3O2/c1-15(2)10-12-25-19-14-17(23-20(26)16-6-4-3-5-7-16)8-9-18(19)24-21(25)27-13-11-22;3-2(4,5)1(6)7/h3-10,14H,11-13,22H2,1-2H3,(H,23,26);(H,6,7). The first kappa shape index (κ1) is 26.9. The van der Waals surface area contributed by atoms with E-state index in [9.17, 15) is 18.0 Å². The van der Waals surface area contributed by atoms with Gasteiger partial charge in [-0.1, -0.05) is 41.6 Å². The van der Waals surface area contributed by atoms with Crippen LogP contribution in [0.2, 0.25) is 0 Å². The van der Waals surface area contributed by atoms with E-state index in [2.05, 4.69) is 29.8 Å². The van der Waals surface area contributed by atoms with Crippen LogP contribution in [0.5, 0.6) is 0 Å². The second kappa shape index (κ2) is 12.2. The topological polar surface area (TPSA) is 110 Å². The average Bonchev–Trinajstić information content (AvgIpc) is 3.13. The first-order valence-corrected chi connectivity index (χ1v) is 11.1. The summed E-state index contributed by atoms with van der Waals surface area (Å²) in [6.45, 7) is 5.51. The van der Waals surface area contributed by atoms with Crippen molar-refractivity contribution in [1.82, 2.24) is 9.55 Å². The summed E-state index contributed by atoms with van der Waals surface area (Å²) in [6.07, 6.45) is -2.91. The van der Waals surface area contributed by atoms with Crippen molar-refractivity contribution in [2.24, 2.45) is 5.73 Å². The Morgan fingerprint density at radius 3 is 2.38 bits per heavy atom. The fourth-order valence-corrected chi connectivity index (χ4v) is 3.47. The number of carboxylic acid groups (broad SMARTS) is 1. The predicted octanol–water partition coefficient (Wildman–Crippen LogP) is 4.94. The van der Waals surface area contributed by atoms with Crippen LogP contribution < -0.4 is 11.1 Å². The fraction of sp³-hybridized carbons (Fsp3) is 0.261. The van der Waals surface area contributed by atoms with Crippen LogP contribution in [0.25, 0.3) is 11.0 Å². The molecular formula is C23H25F3N4O3S. The van der Waals surface area contributed by atoms with Gasteiger partial charge >= 0.3 is 12.1 Å². The molecule has 0 saturated carbocycles. The molecule has 2 aromatic carbocycles. The minimum Gasteiger partial charge on any atom is -0.475 e. The van der Waals surface area contributed by atoms with Crippen LogP contribution in [0, 0.1) is 0 Å². The van der Waals surface area contributed by atoms with Crippen molar-refractivity contribution in [2.75, 3.05) is 17.6 Å². The third-order valence-corrected chi connectivity index (χ3v) is 5.29. The Hall–Kier alpha value is -3.31. The summed E-state index contributed by atoms with van der Waals surface area (Å²) in [6, 6.07) is 15.0. The summed E-state index contributed by atoms with van der Waals surface area (Å²) in [7, 11) is 0. The highest BCUT2D eigenvalue weighted by Crippen LogP contribution is 2.27. The number of imidazole rings is 1. The Labute approximate surface area is 198 Å². The minimum absolute atomic E-state index is 0.122. The molecule has 4 N–H and O–H groups in total. The second-order valence-corrected chi connectivity index (χ2v) is 8.31. The Morgan fingerprint density at radius 2 is 1.82 bits per heavy atom. The highest BCUT2D eigenvalue weighted by atomic mass is 32.2. The molecule has 0 spiro atoms. The molecule has 0 atom stereocenters. The van der Waals surface area contributed by atoms with Crippen LogP contribution in [-0.2, 0) is 11.3 Å². The van der Waals surface area contributed by atoms with E-state index in [0.717, 1.165) is 34.2 Å². The lowest BCUT2D eigenvalue weighted by atomic mass is 10.2. The van der Waals surface area contributed by atoms with Crippen LogP contribution in [0.1, 0.15) is 24.2 Å². The van der Waals surface area contributed by atoms with Gasteiger partial charge < -0.3 is 20.7 Å². The molecule has 1 amide bonds. The van der Waals surface area contributed by atoms with Crippen molar-refractivity contribution in [3.63, 3.8) is 0 Å². The molecule has 11 heteroatoms. The molecule has 1 aromatic heterocycles. The monoisotopic (exact) mass is 494 g/mol. The summed E-state index contributed by atoms with van der Waals surface area (Å²) >= 11 is 1.65. The third kappa shape index (κ3) is 7.92. The van der Waals surface area contributed by atoms with E-state index in [1.165, 1.54) is 5.57 Å². The van der Waals surface area contributed by atoms with Gasteiger partial charge in [-0.25, -0.2) is 9.78 Å². The number of rotatable bonds is 7. The van der Waals surface area contributed by atoms with Gasteiger partial charge in [-0.2, -0.15) is 13.2 Å².